The minimum atomic E-state index is -0.948. The summed E-state index contributed by atoms with van der Waals surface area (Å²) in [6.07, 6.45) is 4.01. The number of anilines is 1. The number of pyridine rings is 1. The highest BCUT2D eigenvalue weighted by molar-refractivity contribution is 5.92. The second kappa shape index (κ2) is 4.81. The Kier molecular flexibility index (Phi) is 3.14. The number of aromatic carboxylic acids is 1. The van der Waals surface area contributed by atoms with E-state index in [9.17, 15) is 9.90 Å². The molecule has 1 aromatic rings. The predicted octanol–water partition coefficient (Wildman–Crippen LogP) is 1.45. The van der Waals surface area contributed by atoms with E-state index in [4.69, 9.17) is 0 Å². The number of rotatable bonds is 2. The topological polar surface area (TPSA) is 56.7 Å². The molecule has 2 aliphatic rings. The second-order valence-electron chi connectivity index (χ2n) is 5.47. The number of nitrogens with zero attached hydrogens (tertiary/aromatic N) is 3. The molecule has 0 aliphatic carbocycles. The number of carboxylic acids is 1. The van der Waals surface area contributed by atoms with Crippen molar-refractivity contribution in [3.63, 3.8) is 0 Å². The summed E-state index contributed by atoms with van der Waals surface area (Å²) >= 11 is 0. The fourth-order valence-electron chi connectivity index (χ4n) is 3.32. The van der Waals surface area contributed by atoms with Gasteiger partial charge in [0.05, 0.1) is 5.69 Å². The molecule has 0 radical (unpaired) electrons. The highest BCUT2D eigenvalue weighted by atomic mass is 16.4. The number of piperazine rings is 1. The lowest BCUT2D eigenvalue weighted by Gasteiger charge is -2.43. The van der Waals surface area contributed by atoms with Gasteiger partial charge in [0.1, 0.15) is 0 Å². The number of carbonyl (C=O) groups is 1. The first-order valence-corrected chi connectivity index (χ1v) is 6.86. The first kappa shape index (κ1) is 12.4. The van der Waals surface area contributed by atoms with Crippen molar-refractivity contribution >= 4 is 11.7 Å². The average Bonchev–Trinajstić information content (AvgIpc) is 2.84. The molecule has 3 rings (SSSR count). The minimum absolute atomic E-state index is 0.167. The standard InChI is InChI=1S/C14H19N3O2/c1-10-8-16-7-3-4-11(16)9-17(10)12-5-2-6-15-13(12)14(18)19/h2,5-6,10-11H,3-4,7-9H2,1H3,(H,18,19). The smallest absolute Gasteiger partial charge is 0.356 e. The van der Waals surface area contributed by atoms with Crippen LogP contribution in [0, 0.1) is 0 Å². The zero-order chi connectivity index (χ0) is 13.4. The molecule has 0 amide bonds. The first-order valence-electron chi connectivity index (χ1n) is 6.86. The molecule has 2 saturated heterocycles. The third kappa shape index (κ3) is 2.18. The van der Waals surface area contributed by atoms with E-state index in [1.54, 1.807) is 6.20 Å². The first-order chi connectivity index (χ1) is 9.16. The van der Waals surface area contributed by atoms with Crippen LogP contribution >= 0.6 is 0 Å². The number of hydrogen-bond acceptors (Lipinski definition) is 4. The molecule has 0 aromatic carbocycles. The van der Waals surface area contributed by atoms with Crippen LogP contribution in [-0.2, 0) is 0 Å². The van der Waals surface area contributed by atoms with Crippen LogP contribution in [0.5, 0.6) is 0 Å². The molecule has 2 unspecified atom stereocenters. The van der Waals surface area contributed by atoms with Gasteiger partial charge in [0.15, 0.2) is 5.69 Å². The normalized spacial score (nSPS) is 27.3. The SMILES string of the molecule is CC1CN2CCCC2CN1c1cccnc1C(=O)O. The molecule has 2 atom stereocenters. The van der Waals surface area contributed by atoms with Crippen molar-refractivity contribution in [3.8, 4) is 0 Å². The summed E-state index contributed by atoms with van der Waals surface area (Å²) in [7, 11) is 0. The van der Waals surface area contributed by atoms with E-state index in [2.05, 4.69) is 21.7 Å². The van der Waals surface area contributed by atoms with E-state index in [0.29, 0.717) is 12.1 Å². The maximum absolute atomic E-state index is 11.3. The fourth-order valence-corrected chi connectivity index (χ4v) is 3.32. The Labute approximate surface area is 112 Å². The van der Waals surface area contributed by atoms with Gasteiger partial charge in [0.2, 0.25) is 0 Å². The zero-order valence-corrected chi connectivity index (χ0v) is 11.1. The Morgan fingerprint density at radius 1 is 1.47 bits per heavy atom. The molecule has 102 valence electrons. The van der Waals surface area contributed by atoms with Gasteiger partial charge in [-0.2, -0.15) is 0 Å². The monoisotopic (exact) mass is 261 g/mol. The van der Waals surface area contributed by atoms with E-state index in [-0.39, 0.29) is 5.69 Å². The Hall–Kier alpha value is -1.62. The summed E-state index contributed by atoms with van der Waals surface area (Å²) in [6.45, 7) is 5.26. The quantitative estimate of drug-likeness (QED) is 0.873. The van der Waals surface area contributed by atoms with E-state index in [0.717, 1.165) is 18.8 Å². The number of aromatic nitrogens is 1. The molecular formula is C14H19N3O2. The number of carboxylic acid groups (broad SMARTS) is 1. The number of fused-ring (bicyclic) bond motifs is 1. The summed E-state index contributed by atoms with van der Waals surface area (Å²) in [6, 6.07) is 4.59. The van der Waals surface area contributed by atoms with Crippen molar-refractivity contribution in [3.05, 3.63) is 24.0 Å². The maximum atomic E-state index is 11.3. The van der Waals surface area contributed by atoms with Crippen LogP contribution < -0.4 is 4.90 Å². The summed E-state index contributed by atoms with van der Waals surface area (Å²) in [5.74, 6) is -0.948. The third-order valence-electron chi connectivity index (χ3n) is 4.24. The van der Waals surface area contributed by atoms with E-state index in [1.165, 1.54) is 19.4 Å². The summed E-state index contributed by atoms with van der Waals surface area (Å²) in [4.78, 5) is 20.1. The van der Waals surface area contributed by atoms with Gasteiger partial charge in [0, 0.05) is 31.4 Å². The molecule has 3 heterocycles. The fraction of sp³-hybridized carbons (Fsp3) is 0.571. The molecule has 1 aromatic heterocycles. The predicted molar refractivity (Wildman–Crippen MR) is 72.6 cm³/mol. The highest BCUT2D eigenvalue weighted by Crippen LogP contribution is 2.29. The molecule has 0 saturated carbocycles. The van der Waals surface area contributed by atoms with Crippen LogP contribution in [0.25, 0.3) is 0 Å². The van der Waals surface area contributed by atoms with Gasteiger partial charge in [-0.05, 0) is 38.4 Å². The van der Waals surface area contributed by atoms with Crippen molar-refractivity contribution in [1.29, 1.82) is 0 Å². The van der Waals surface area contributed by atoms with E-state index >= 15 is 0 Å². The second-order valence-corrected chi connectivity index (χ2v) is 5.47. The third-order valence-corrected chi connectivity index (χ3v) is 4.24. The molecule has 19 heavy (non-hydrogen) atoms. The molecule has 2 fully saturated rings. The van der Waals surface area contributed by atoms with E-state index in [1.807, 2.05) is 12.1 Å². The molecule has 0 bridgehead atoms. The van der Waals surface area contributed by atoms with Crippen molar-refractivity contribution in [2.45, 2.75) is 31.8 Å². The Morgan fingerprint density at radius 3 is 3.11 bits per heavy atom. The Balaban J connectivity index is 1.91. The van der Waals surface area contributed by atoms with Gasteiger partial charge >= 0.3 is 5.97 Å². The lowest BCUT2D eigenvalue weighted by molar-refractivity contribution is 0.0690. The van der Waals surface area contributed by atoms with Crippen LogP contribution in [0.4, 0.5) is 5.69 Å². The average molecular weight is 261 g/mol. The molecule has 0 spiro atoms. The van der Waals surface area contributed by atoms with Crippen LogP contribution in [-0.4, -0.2) is 52.7 Å². The van der Waals surface area contributed by atoms with Crippen molar-refractivity contribution < 1.29 is 9.90 Å². The largest absolute Gasteiger partial charge is 0.476 e. The van der Waals surface area contributed by atoms with Gasteiger partial charge in [0.25, 0.3) is 0 Å². The zero-order valence-electron chi connectivity index (χ0n) is 11.1. The Morgan fingerprint density at radius 2 is 2.32 bits per heavy atom. The van der Waals surface area contributed by atoms with Crippen LogP contribution in [0.1, 0.15) is 30.3 Å². The van der Waals surface area contributed by atoms with Crippen molar-refractivity contribution in [2.24, 2.45) is 0 Å². The van der Waals surface area contributed by atoms with Crippen LogP contribution in [0.3, 0.4) is 0 Å². The Bertz CT molecular complexity index is 491. The lowest BCUT2D eigenvalue weighted by Crippen LogP contribution is -2.55. The highest BCUT2D eigenvalue weighted by Gasteiger charge is 2.35. The molecular weight excluding hydrogens is 242 g/mol. The van der Waals surface area contributed by atoms with Crippen molar-refractivity contribution in [2.75, 3.05) is 24.5 Å². The van der Waals surface area contributed by atoms with Crippen LogP contribution in [0.15, 0.2) is 18.3 Å². The summed E-state index contributed by atoms with van der Waals surface area (Å²) in [5, 5.41) is 9.27. The van der Waals surface area contributed by atoms with Gasteiger partial charge in [-0.25, -0.2) is 9.78 Å². The van der Waals surface area contributed by atoms with E-state index < -0.39 is 5.97 Å². The van der Waals surface area contributed by atoms with Gasteiger partial charge in [-0.1, -0.05) is 0 Å². The summed E-state index contributed by atoms with van der Waals surface area (Å²) < 4.78 is 0. The molecule has 5 heteroatoms. The van der Waals surface area contributed by atoms with Gasteiger partial charge in [-0.15, -0.1) is 0 Å². The molecule has 1 N–H and O–H groups in total. The lowest BCUT2D eigenvalue weighted by atomic mass is 10.1. The summed E-state index contributed by atoms with van der Waals surface area (Å²) in [5.41, 5.74) is 0.926. The molecule has 2 aliphatic heterocycles. The van der Waals surface area contributed by atoms with Crippen molar-refractivity contribution in [1.82, 2.24) is 9.88 Å². The van der Waals surface area contributed by atoms with Gasteiger partial charge in [-0.3, -0.25) is 4.90 Å². The minimum Gasteiger partial charge on any atom is -0.476 e. The van der Waals surface area contributed by atoms with Crippen LogP contribution in [0.2, 0.25) is 0 Å². The maximum Gasteiger partial charge on any atom is 0.356 e. The number of hydrogen-bond donors (Lipinski definition) is 1. The molecule has 5 nitrogen and oxygen atoms in total. The van der Waals surface area contributed by atoms with Gasteiger partial charge < -0.3 is 10.0 Å².